The van der Waals surface area contributed by atoms with Gasteiger partial charge in [0, 0.05) is 51.9 Å². The highest BCUT2D eigenvalue weighted by molar-refractivity contribution is 7.89. The molecule has 1 atom stereocenters. The smallest absolute Gasteiger partial charge is 0.245 e. The summed E-state index contributed by atoms with van der Waals surface area (Å²) in [5.74, 6) is 0.295. The Morgan fingerprint density at radius 1 is 1.18 bits per heavy atom. The molecule has 0 aromatic heterocycles. The minimum atomic E-state index is -4.05. The Morgan fingerprint density at radius 3 is 2.35 bits per heavy atom. The average molecular weight is 488 g/mol. The molecule has 1 amide bonds. The average Bonchev–Trinajstić information content (AvgIpc) is 3.59. The van der Waals surface area contributed by atoms with Crippen molar-refractivity contribution in [1.82, 2.24) is 14.5 Å². The molecule has 2 aliphatic heterocycles. The Kier molecular flexibility index (Phi) is 7.02. The zero-order valence-corrected chi connectivity index (χ0v) is 20.8. The Bertz CT molecular complexity index is 1100. The number of rotatable bonds is 8. The van der Waals surface area contributed by atoms with Crippen LogP contribution >= 0.6 is 0 Å². The van der Waals surface area contributed by atoms with Crippen molar-refractivity contribution >= 4 is 33.6 Å². The van der Waals surface area contributed by atoms with Crippen LogP contribution in [0, 0.1) is 5.92 Å². The maximum absolute atomic E-state index is 14.0. The molecule has 0 bridgehead atoms. The summed E-state index contributed by atoms with van der Waals surface area (Å²) in [5, 5.41) is 3.06. The van der Waals surface area contributed by atoms with Crippen LogP contribution in [0.15, 0.2) is 39.1 Å². The number of aliphatic imine (C=N–C) groups is 2. The summed E-state index contributed by atoms with van der Waals surface area (Å²) >= 11 is 0. The number of nitrogens with one attached hydrogen (secondary N) is 1. The van der Waals surface area contributed by atoms with Crippen molar-refractivity contribution < 1.29 is 18.0 Å². The van der Waals surface area contributed by atoms with Crippen LogP contribution in [0.5, 0.6) is 0 Å². The van der Waals surface area contributed by atoms with Crippen molar-refractivity contribution in [2.24, 2.45) is 15.9 Å². The van der Waals surface area contributed by atoms with Gasteiger partial charge in [-0.2, -0.15) is 4.31 Å². The first-order chi connectivity index (χ1) is 16.2. The van der Waals surface area contributed by atoms with Crippen molar-refractivity contribution in [3.05, 3.63) is 29.8 Å². The number of hydrogen-bond donors (Lipinski definition) is 1. The van der Waals surface area contributed by atoms with Crippen LogP contribution in [-0.2, 0) is 14.8 Å². The maximum atomic E-state index is 14.0. The Balaban J connectivity index is 1.69. The number of ketones is 1. The number of amides is 1. The standard InChI is InChI=1S/C24H33N5O4S/c1-17(30)19-6-8-21(9-7-19)34(32,33)29-22(14-20(26-3)15-25-2)23(31)27-24(29)10-12-28(13-11-24)16-18-4-5-18/h6-9,15,18,22H,4-5,10-14,16H2,1-3H3,(H,27,31). The predicted octanol–water partition coefficient (Wildman–Crippen LogP) is 1.74. The molecule has 184 valence electrons. The van der Waals surface area contributed by atoms with E-state index in [1.807, 2.05) is 0 Å². The maximum Gasteiger partial charge on any atom is 0.245 e. The monoisotopic (exact) mass is 487 g/mol. The Hall–Kier alpha value is -2.43. The third-order valence-electron chi connectivity index (χ3n) is 7.05. The lowest BCUT2D eigenvalue weighted by atomic mass is 9.97. The first-order valence-corrected chi connectivity index (χ1v) is 13.2. The number of sulfonamides is 1. The van der Waals surface area contributed by atoms with Gasteiger partial charge in [-0.15, -0.1) is 0 Å². The number of benzene rings is 1. The molecular formula is C24H33N5O4S. The highest BCUT2D eigenvalue weighted by Gasteiger charge is 2.57. The van der Waals surface area contributed by atoms with Gasteiger partial charge in [-0.05, 0) is 50.7 Å². The van der Waals surface area contributed by atoms with E-state index in [-0.39, 0.29) is 23.0 Å². The molecule has 1 unspecified atom stereocenters. The van der Waals surface area contributed by atoms with Gasteiger partial charge in [-0.25, -0.2) is 8.42 Å². The van der Waals surface area contributed by atoms with E-state index in [4.69, 9.17) is 0 Å². The quantitative estimate of drug-likeness (QED) is 0.444. The zero-order chi connectivity index (χ0) is 24.5. The van der Waals surface area contributed by atoms with Crippen molar-refractivity contribution in [3.63, 3.8) is 0 Å². The molecule has 1 spiro atoms. The normalized spacial score (nSPS) is 24.1. The predicted molar refractivity (Wildman–Crippen MR) is 131 cm³/mol. The molecule has 2 heterocycles. The Morgan fingerprint density at radius 2 is 1.82 bits per heavy atom. The molecule has 4 rings (SSSR count). The van der Waals surface area contributed by atoms with Gasteiger partial charge in [0.15, 0.2) is 5.78 Å². The minimum absolute atomic E-state index is 0.0675. The summed E-state index contributed by atoms with van der Waals surface area (Å²) < 4.78 is 29.4. The number of hydrogen-bond acceptors (Lipinski definition) is 7. The van der Waals surface area contributed by atoms with E-state index in [9.17, 15) is 18.0 Å². The minimum Gasteiger partial charge on any atom is -0.335 e. The third-order valence-corrected chi connectivity index (χ3v) is 9.04. The van der Waals surface area contributed by atoms with Gasteiger partial charge in [0.1, 0.15) is 11.7 Å². The fraction of sp³-hybridized carbons (Fsp3) is 0.583. The van der Waals surface area contributed by atoms with Gasteiger partial charge in [-0.3, -0.25) is 19.6 Å². The summed E-state index contributed by atoms with van der Waals surface area (Å²) in [6.07, 6.45) is 5.26. The van der Waals surface area contributed by atoms with E-state index in [1.54, 1.807) is 20.3 Å². The molecule has 1 N–H and O–H groups in total. The molecule has 1 saturated carbocycles. The first kappa shape index (κ1) is 24.7. The lowest BCUT2D eigenvalue weighted by molar-refractivity contribution is -0.121. The number of carbonyl (C=O) groups is 2. The molecule has 10 heteroatoms. The van der Waals surface area contributed by atoms with Crippen LogP contribution in [0.3, 0.4) is 0 Å². The third kappa shape index (κ3) is 4.85. The summed E-state index contributed by atoms with van der Waals surface area (Å²) in [6.45, 7) is 3.92. The molecule has 1 aromatic carbocycles. The van der Waals surface area contributed by atoms with Crippen LogP contribution in [0.25, 0.3) is 0 Å². The number of nitrogens with zero attached hydrogens (tertiary/aromatic N) is 4. The second-order valence-electron chi connectivity index (χ2n) is 9.47. The van der Waals surface area contributed by atoms with Crippen molar-refractivity contribution in [2.45, 2.75) is 55.6 Å². The molecule has 9 nitrogen and oxygen atoms in total. The van der Waals surface area contributed by atoms with Gasteiger partial charge in [-0.1, -0.05) is 12.1 Å². The fourth-order valence-corrected chi connectivity index (χ4v) is 6.89. The summed E-state index contributed by atoms with van der Waals surface area (Å²) in [6, 6.07) is 5.00. The summed E-state index contributed by atoms with van der Waals surface area (Å²) in [4.78, 5) is 35.6. The van der Waals surface area contributed by atoms with Crippen molar-refractivity contribution in [2.75, 3.05) is 33.7 Å². The van der Waals surface area contributed by atoms with Crippen molar-refractivity contribution in [1.29, 1.82) is 0 Å². The summed E-state index contributed by atoms with van der Waals surface area (Å²) in [5.41, 5.74) is 0.00835. The highest BCUT2D eigenvalue weighted by Crippen LogP contribution is 2.40. The van der Waals surface area contributed by atoms with Gasteiger partial charge in [0.25, 0.3) is 0 Å². The molecule has 3 aliphatic rings. The van der Waals surface area contributed by atoms with E-state index in [2.05, 4.69) is 20.2 Å². The van der Waals surface area contributed by atoms with E-state index in [1.165, 1.54) is 48.3 Å². The second-order valence-corrected chi connectivity index (χ2v) is 11.3. The van der Waals surface area contributed by atoms with E-state index in [0.717, 1.165) is 25.6 Å². The largest absolute Gasteiger partial charge is 0.335 e. The van der Waals surface area contributed by atoms with Crippen molar-refractivity contribution in [3.8, 4) is 0 Å². The fourth-order valence-electron chi connectivity index (χ4n) is 4.99. The SMILES string of the molecule is CN=CC(CC1C(=O)NC2(CCN(CC3CC3)CC2)N1S(=O)(=O)c1ccc(C(C)=O)cc1)=NC. The van der Waals surface area contributed by atoms with Gasteiger partial charge < -0.3 is 10.2 Å². The number of carbonyl (C=O) groups excluding carboxylic acids is 2. The van der Waals surface area contributed by atoms with E-state index < -0.39 is 21.7 Å². The number of Topliss-reactive ketones (excluding diaryl/α,β-unsaturated/α-hetero) is 1. The molecular weight excluding hydrogens is 454 g/mol. The number of piperidine rings is 1. The Labute approximate surface area is 201 Å². The van der Waals surface area contributed by atoms with Crippen LogP contribution in [-0.4, -0.2) is 86.7 Å². The van der Waals surface area contributed by atoms with Crippen LogP contribution < -0.4 is 5.32 Å². The van der Waals surface area contributed by atoms with Gasteiger partial charge in [0.2, 0.25) is 15.9 Å². The number of likely N-dealkylation sites (tertiary alicyclic amines) is 1. The topological polar surface area (TPSA) is 112 Å². The summed E-state index contributed by atoms with van der Waals surface area (Å²) in [7, 11) is -0.828. The van der Waals surface area contributed by atoms with Gasteiger partial charge in [0.05, 0.1) is 10.6 Å². The first-order valence-electron chi connectivity index (χ1n) is 11.8. The lowest BCUT2D eigenvalue weighted by Crippen LogP contribution is -2.60. The van der Waals surface area contributed by atoms with E-state index >= 15 is 0 Å². The zero-order valence-electron chi connectivity index (χ0n) is 20.0. The van der Waals surface area contributed by atoms with Crippen LogP contribution in [0.4, 0.5) is 0 Å². The van der Waals surface area contributed by atoms with E-state index in [0.29, 0.717) is 24.1 Å². The molecule has 3 fully saturated rings. The van der Waals surface area contributed by atoms with Gasteiger partial charge >= 0.3 is 0 Å². The molecule has 1 aromatic rings. The second kappa shape index (κ2) is 9.67. The molecule has 34 heavy (non-hydrogen) atoms. The molecule has 2 saturated heterocycles. The lowest BCUT2D eigenvalue weighted by Gasteiger charge is -2.44. The van der Waals surface area contributed by atoms with Crippen LogP contribution in [0.1, 0.15) is 49.4 Å². The molecule has 1 aliphatic carbocycles. The molecule has 0 radical (unpaired) electrons. The highest BCUT2D eigenvalue weighted by atomic mass is 32.2. The van der Waals surface area contributed by atoms with Crippen LogP contribution in [0.2, 0.25) is 0 Å².